The fourth-order valence-electron chi connectivity index (χ4n) is 2.56. The molecule has 3 atom stereocenters. The first-order valence-electron chi connectivity index (χ1n) is 6.69. The molecule has 0 unspecified atom stereocenters. The number of rotatable bonds is 4. The van der Waals surface area contributed by atoms with Crippen LogP contribution in [0.2, 0.25) is 5.02 Å². The van der Waals surface area contributed by atoms with Crippen LogP contribution in [0.3, 0.4) is 0 Å². The van der Waals surface area contributed by atoms with Crippen LogP contribution in [0.5, 0.6) is 11.9 Å². The SMILES string of the molecule is COc1nc(OC)c2c(Cl)cn([C@H]3C[C@H](O)[C@@H](CO)O3)c2n1. The molecule has 3 heterocycles. The maximum absolute atomic E-state index is 9.89. The van der Waals surface area contributed by atoms with E-state index in [2.05, 4.69) is 9.97 Å². The summed E-state index contributed by atoms with van der Waals surface area (Å²) >= 11 is 6.25. The molecule has 0 aliphatic carbocycles. The molecule has 0 aromatic carbocycles. The van der Waals surface area contributed by atoms with Crippen molar-refractivity contribution in [3.8, 4) is 11.9 Å². The Labute approximate surface area is 131 Å². The fraction of sp³-hybridized carbons (Fsp3) is 0.538. The molecule has 3 rings (SSSR count). The summed E-state index contributed by atoms with van der Waals surface area (Å²) in [5.74, 6) is 0.294. The minimum Gasteiger partial charge on any atom is -0.480 e. The standard InChI is InChI=1S/C13H16ClN3O5/c1-20-12-10-6(14)4-17(11(10)15-13(16-12)21-2)9-3-7(19)8(5-18)22-9/h4,7-9,18-19H,3,5H2,1-2H3/t7-,8+,9+/m0/s1. The molecule has 8 nitrogen and oxygen atoms in total. The zero-order chi connectivity index (χ0) is 15.9. The van der Waals surface area contributed by atoms with Gasteiger partial charge in [0, 0.05) is 12.6 Å². The molecular weight excluding hydrogens is 314 g/mol. The first-order valence-corrected chi connectivity index (χ1v) is 7.07. The molecular formula is C13H16ClN3O5. The molecule has 0 saturated carbocycles. The largest absolute Gasteiger partial charge is 0.480 e. The molecule has 9 heteroatoms. The molecule has 1 aliphatic heterocycles. The van der Waals surface area contributed by atoms with Crippen LogP contribution in [0, 0.1) is 0 Å². The Hall–Kier alpha value is -1.61. The van der Waals surface area contributed by atoms with E-state index >= 15 is 0 Å². The van der Waals surface area contributed by atoms with Crippen molar-refractivity contribution < 1.29 is 24.4 Å². The van der Waals surface area contributed by atoms with Crippen LogP contribution in [-0.2, 0) is 4.74 Å². The maximum Gasteiger partial charge on any atom is 0.321 e. The maximum atomic E-state index is 9.89. The Morgan fingerprint density at radius 2 is 2.18 bits per heavy atom. The highest BCUT2D eigenvalue weighted by Gasteiger charge is 2.36. The third-order valence-electron chi connectivity index (χ3n) is 3.64. The first-order chi connectivity index (χ1) is 10.6. The minimum absolute atomic E-state index is 0.137. The van der Waals surface area contributed by atoms with Crippen molar-refractivity contribution in [1.82, 2.24) is 14.5 Å². The Morgan fingerprint density at radius 1 is 1.41 bits per heavy atom. The third kappa shape index (κ3) is 2.38. The van der Waals surface area contributed by atoms with E-state index in [0.717, 1.165) is 0 Å². The number of methoxy groups -OCH3 is 2. The highest BCUT2D eigenvalue weighted by atomic mass is 35.5. The predicted molar refractivity (Wildman–Crippen MR) is 77.3 cm³/mol. The molecule has 1 aliphatic rings. The van der Waals surface area contributed by atoms with Gasteiger partial charge in [0.2, 0.25) is 5.88 Å². The van der Waals surface area contributed by atoms with Gasteiger partial charge in [-0.3, -0.25) is 0 Å². The van der Waals surface area contributed by atoms with Crippen molar-refractivity contribution in [2.24, 2.45) is 0 Å². The lowest BCUT2D eigenvalue weighted by atomic mass is 10.2. The van der Waals surface area contributed by atoms with Gasteiger partial charge in [-0.1, -0.05) is 11.6 Å². The lowest BCUT2D eigenvalue weighted by molar-refractivity contribution is -0.0430. The number of hydrogen-bond acceptors (Lipinski definition) is 7. The van der Waals surface area contributed by atoms with E-state index in [1.165, 1.54) is 14.2 Å². The van der Waals surface area contributed by atoms with Crippen LogP contribution in [0.15, 0.2) is 6.20 Å². The summed E-state index contributed by atoms with van der Waals surface area (Å²) in [4.78, 5) is 8.39. The van der Waals surface area contributed by atoms with Gasteiger partial charge in [0.05, 0.1) is 32.0 Å². The summed E-state index contributed by atoms with van der Waals surface area (Å²) in [5, 5.41) is 20.0. The van der Waals surface area contributed by atoms with Crippen molar-refractivity contribution >= 4 is 22.6 Å². The van der Waals surface area contributed by atoms with E-state index in [1.54, 1.807) is 10.8 Å². The normalized spacial score (nSPS) is 24.9. The monoisotopic (exact) mass is 329 g/mol. The van der Waals surface area contributed by atoms with Gasteiger partial charge in [-0.05, 0) is 0 Å². The highest BCUT2D eigenvalue weighted by Crippen LogP contribution is 2.38. The van der Waals surface area contributed by atoms with Gasteiger partial charge < -0.3 is 29.0 Å². The van der Waals surface area contributed by atoms with E-state index in [9.17, 15) is 10.2 Å². The van der Waals surface area contributed by atoms with Crippen molar-refractivity contribution in [2.45, 2.75) is 24.9 Å². The van der Waals surface area contributed by atoms with Gasteiger partial charge in [-0.2, -0.15) is 9.97 Å². The summed E-state index contributed by atoms with van der Waals surface area (Å²) in [6.45, 7) is -0.258. The number of aliphatic hydroxyl groups is 2. The van der Waals surface area contributed by atoms with Gasteiger partial charge in [0.1, 0.15) is 17.7 Å². The number of aromatic nitrogens is 3. The summed E-state index contributed by atoms with van der Waals surface area (Å²) in [6.07, 6.45) is 0.0788. The quantitative estimate of drug-likeness (QED) is 0.853. The molecule has 22 heavy (non-hydrogen) atoms. The lowest BCUT2D eigenvalue weighted by Gasteiger charge is -2.14. The van der Waals surface area contributed by atoms with Crippen LogP contribution in [0.4, 0.5) is 0 Å². The molecule has 120 valence electrons. The lowest BCUT2D eigenvalue weighted by Crippen LogP contribution is -2.24. The average Bonchev–Trinajstić information content (AvgIpc) is 3.06. The number of fused-ring (bicyclic) bond motifs is 1. The third-order valence-corrected chi connectivity index (χ3v) is 3.93. The van der Waals surface area contributed by atoms with E-state index in [0.29, 0.717) is 28.4 Å². The van der Waals surface area contributed by atoms with E-state index in [4.69, 9.17) is 25.8 Å². The number of hydrogen-bond donors (Lipinski definition) is 2. The number of halogens is 1. The van der Waals surface area contributed by atoms with Crippen LogP contribution in [0.25, 0.3) is 11.0 Å². The number of aliphatic hydroxyl groups excluding tert-OH is 2. The molecule has 0 amide bonds. The molecule has 0 bridgehead atoms. The van der Waals surface area contributed by atoms with E-state index < -0.39 is 18.4 Å². The molecule has 2 aromatic heterocycles. The molecule has 0 spiro atoms. The Bertz CT molecular complexity index is 692. The van der Waals surface area contributed by atoms with Crippen molar-refractivity contribution in [1.29, 1.82) is 0 Å². The average molecular weight is 330 g/mol. The van der Waals surface area contributed by atoms with Gasteiger partial charge in [-0.25, -0.2) is 0 Å². The Balaban J connectivity index is 2.11. The van der Waals surface area contributed by atoms with Crippen molar-refractivity contribution in [2.75, 3.05) is 20.8 Å². The van der Waals surface area contributed by atoms with Gasteiger partial charge in [0.25, 0.3) is 0 Å². The first kappa shape index (κ1) is 15.3. The van der Waals surface area contributed by atoms with Crippen molar-refractivity contribution in [3.63, 3.8) is 0 Å². The molecule has 1 fully saturated rings. The zero-order valence-corrected chi connectivity index (χ0v) is 12.8. The van der Waals surface area contributed by atoms with Gasteiger partial charge in [-0.15, -0.1) is 0 Å². The second-order valence-corrected chi connectivity index (χ2v) is 5.32. The number of nitrogens with zero attached hydrogens (tertiary/aromatic N) is 3. The zero-order valence-electron chi connectivity index (χ0n) is 12.1. The molecule has 0 radical (unpaired) electrons. The topological polar surface area (TPSA) is 98.9 Å². The van der Waals surface area contributed by atoms with E-state index in [-0.39, 0.29) is 12.6 Å². The minimum atomic E-state index is -0.753. The fourth-order valence-corrected chi connectivity index (χ4v) is 2.83. The second-order valence-electron chi connectivity index (χ2n) is 4.92. The van der Waals surface area contributed by atoms with Crippen LogP contribution in [-0.4, -0.2) is 57.8 Å². The smallest absolute Gasteiger partial charge is 0.321 e. The van der Waals surface area contributed by atoms with Gasteiger partial charge >= 0.3 is 6.01 Å². The van der Waals surface area contributed by atoms with Crippen molar-refractivity contribution in [3.05, 3.63) is 11.2 Å². The molecule has 2 aromatic rings. The van der Waals surface area contributed by atoms with E-state index in [1.807, 2.05) is 0 Å². The summed E-state index contributed by atoms with van der Waals surface area (Å²) in [6, 6.07) is 0.137. The second kappa shape index (κ2) is 5.88. The van der Waals surface area contributed by atoms with Gasteiger partial charge in [0.15, 0.2) is 5.65 Å². The summed E-state index contributed by atoms with van der Waals surface area (Å²) < 4.78 is 17.6. The van der Waals surface area contributed by atoms with Crippen LogP contribution in [0.1, 0.15) is 12.6 Å². The Kier molecular flexibility index (Phi) is 4.09. The molecule has 1 saturated heterocycles. The predicted octanol–water partition coefficient (Wildman–Crippen LogP) is 0.743. The molecule has 2 N–H and O–H groups in total. The van der Waals surface area contributed by atoms with Crippen LogP contribution >= 0.6 is 11.6 Å². The van der Waals surface area contributed by atoms with Crippen LogP contribution < -0.4 is 9.47 Å². The highest BCUT2D eigenvalue weighted by molar-refractivity contribution is 6.36. The number of ether oxygens (including phenoxy) is 3. The summed E-state index contributed by atoms with van der Waals surface area (Å²) in [5.41, 5.74) is 0.476. The summed E-state index contributed by atoms with van der Waals surface area (Å²) in [7, 11) is 2.93. The Morgan fingerprint density at radius 3 is 2.77 bits per heavy atom.